The number of carbonyl (C=O) groups excluding carboxylic acids is 1. The highest BCUT2D eigenvalue weighted by atomic mass is 35.5. The zero-order valence-corrected chi connectivity index (χ0v) is 18.1. The molecule has 2 aliphatic rings. The Morgan fingerprint density at radius 3 is 2.50 bits per heavy atom. The van der Waals surface area contributed by atoms with Gasteiger partial charge in [-0.05, 0) is 49.6 Å². The third-order valence-corrected chi connectivity index (χ3v) is 7.35. The SMILES string of the molecule is CSc1nnc([C@H]2CCCN2C(=O)C2(c3ccc(Cl)cc3)CCCCC2)n1C. The topological polar surface area (TPSA) is 51.0 Å². The van der Waals surface area contributed by atoms with E-state index in [0.717, 1.165) is 61.6 Å². The predicted octanol–water partition coefficient (Wildman–Crippen LogP) is 4.76. The first-order valence-electron chi connectivity index (χ1n) is 10.1. The van der Waals surface area contributed by atoms with Gasteiger partial charge in [0.2, 0.25) is 5.91 Å². The molecule has 1 saturated heterocycles. The van der Waals surface area contributed by atoms with E-state index in [2.05, 4.69) is 15.1 Å². The average Bonchev–Trinajstić information content (AvgIpc) is 3.34. The normalized spacial score (nSPS) is 21.8. The van der Waals surface area contributed by atoms with Gasteiger partial charge in [-0.25, -0.2) is 0 Å². The minimum absolute atomic E-state index is 0.0111. The number of rotatable bonds is 4. The predicted molar refractivity (Wildman–Crippen MR) is 113 cm³/mol. The highest BCUT2D eigenvalue weighted by Crippen LogP contribution is 2.44. The van der Waals surface area contributed by atoms with E-state index in [-0.39, 0.29) is 11.9 Å². The second-order valence-corrected chi connectivity index (χ2v) is 9.12. The van der Waals surface area contributed by atoms with Crippen molar-refractivity contribution in [3.05, 3.63) is 40.7 Å². The van der Waals surface area contributed by atoms with Crippen LogP contribution in [0.2, 0.25) is 5.02 Å². The minimum atomic E-state index is -0.438. The summed E-state index contributed by atoms with van der Waals surface area (Å²) in [7, 11) is 2.00. The number of halogens is 1. The smallest absolute Gasteiger partial charge is 0.233 e. The van der Waals surface area contributed by atoms with E-state index >= 15 is 0 Å². The van der Waals surface area contributed by atoms with E-state index in [0.29, 0.717) is 5.02 Å². The Morgan fingerprint density at radius 1 is 1.14 bits per heavy atom. The van der Waals surface area contributed by atoms with Crippen LogP contribution < -0.4 is 0 Å². The largest absolute Gasteiger partial charge is 0.332 e. The monoisotopic (exact) mass is 418 g/mol. The third kappa shape index (κ3) is 3.35. The van der Waals surface area contributed by atoms with Crippen LogP contribution >= 0.6 is 23.4 Å². The summed E-state index contributed by atoms with van der Waals surface area (Å²) in [5, 5.41) is 10.3. The maximum Gasteiger partial charge on any atom is 0.233 e. The van der Waals surface area contributed by atoms with Crippen LogP contribution in [0.3, 0.4) is 0 Å². The molecule has 0 bridgehead atoms. The van der Waals surface area contributed by atoms with Crippen molar-refractivity contribution in [1.82, 2.24) is 19.7 Å². The fourth-order valence-electron chi connectivity index (χ4n) is 4.90. The minimum Gasteiger partial charge on any atom is -0.332 e. The van der Waals surface area contributed by atoms with E-state index in [1.807, 2.05) is 42.1 Å². The molecule has 5 nitrogen and oxygen atoms in total. The summed E-state index contributed by atoms with van der Waals surface area (Å²) in [6.45, 7) is 0.792. The van der Waals surface area contributed by atoms with Crippen molar-refractivity contribution >= 4 is 29.3 Å². The van der Waals surface area contributed by atoms with Gasteiger partial charge in [-0.1, -0.05) is 54.8 Å². The van der Waals surface area contributed by atoms with Crippen LogP contribution in [0.25, 0.3) is 0 Å². The van der Waals surface area contributed by atoms with Gasteiger partial charge >= 0.3 is 0 Å². The summed E-state index contributed by atoms with van der Waals surface area (Å²) < 4.78 is 2.04. The lowest BCUT2D eigenvalue weighted by molar-refractivity contribution is -0.140. The molecular weight excluding hydrogens is 392 g/mol. The third-order valence-electron chi connectivity index (χ3n) is 6.38. The molecular formula is C21H27ClN4OS. The maximum absolute atomic E-state index is 14.0. The molecule has 1 aliphatic carbocycles. The molecule has 28 heavy (non-hydrogen) atoms. The van der Waals surface area contributed by atoms with Crippen molar-refractivity contribution in [3.63, 3.8) is 0 Å². The summed E-state index contributed by atoms with van der Waals surface area (Å²) >= 11 is 7.71. The van der Waals surface area contributed by atoms with Crippen molar-refractivity contribution in [3.8, 4) is 0 Å². The summed E-state index contributed by atoms with van der Waals surface area (Å²) in [5.41, 5.74) is 0.668. The molecule has 2 fully saturated rings. The number of nitrogens with zero attached hydrogens (tertiary/aromatic N) is 4. The zero-order chi connectivity index (χ0) is 19.7. The Morgan fingerprint density at radius 2 is 1.86 bits per heavy atom. The molecule has 1 saturated carbocycles. The lowest BCUT2D eigenvalue weighted by Crippen LogP contribution is -2.48. The number of hydrogen-bond donors (Lipinski definition) is 0. The molecule has 1 aliphatic heterocycles. The van der Waals surface area contributed by atoms with E-state index in [1.165, 1.54) is 6.42 Å². The van der Waals surface area contributed by atoms with E-state index in [9.17, 15) is 4.79 Å². The van der Waals surface area contributed by atoms with E-state index in [4.69, 9.17) is 11.6 Å². The quantitative estimate of drug-likeness (QED) is 0.672. The summed E-state index contributed by atoms with van der Waals surface area (Å²) in [6, 6.07) is 7.93. The lowest BCUT2D eigenvalue weighted by Gasteiger charge is -2.40. The first-order chi connectivity index (χ1) is 13.6. The highest BCUT2D eigenvalue weighted by Gasteiger charge is 2.47. The van der Waals surface area contributed by atoms with Gasteiger partial charge in [0, 0.05) is 18.6 Å². The Kier molecular flexibility index (Phi) is 5.70. The Hall–Kier alpha value is -1.53. The van der Waals surface area contributed by atoms with E-state index in [1.54, 1.807) is 11.8 Å². The van der Waals surface area contributed by atoms with Gasteiger partial charge in [-0.15, -0.1) is 10.2 Å². The van der Waals surface area contributed by atoms with Crippen molar-refractivity contribution in [2.75, 3.05) is 12.8 Å². The first-order valence-corrected chi connectivity index (χ1v) is 11.7. The molecule has 2 aromatic rings. The zero-order valence-electron chi connectivity index (χ0n) is 16.5. The first kappa shape index (κ1) is 19.8. The molecule has 150 valence electrons. The fourth-order valence-corrected chi connectivity index (χ4v) is 5.51. The Labute approximate surface area is 175 Å². The Balaban J connectivity index is 1.69. The van der Waals surface area contributed by atoms with Crippen LogP contribution in [0.15, 0.2) is 29.4 Å². The maximum atomic E-state index is 14.0. The standard InChI is InChI=1S/C21H27ClN4OS/c1-25-18(23-24-20(25)28-2)17-7-6-14-26(17)19(27)21(12-4-3-5-13-21)15-8-10-16(22)11-9-15/h8-11,17H,3-7,12-14H2,1-2H3/t17-/m1/s1. The van der Waals surface area contributed by atoms with Crippen molar-refractivity contribution in [2.24, 2.45) is 7.05 Å². The molecule has 0 radical (unpaired) electrons. The molecule has 1 aromatic carbocycles. The number of aromatic nitrogens is 3. The van der Waals surface area contributed by atoms with Crippen LogP contribution in [0.5, 0.6) is 0 Å². The van der Waals surface area contributed by atoms with E-state index < -0.39 is 5.41 Å². The molecule has 2 heterocycles. The summed E-state index contributed by atoms with van der Waals surface area (Å²) in [5.74, 6) is 1.16. The lowest BCUT2D eigenvalue weighted by atomic mass is 9.68. The summed E-state index contributed by atoms with van der Waals surface area (Å²) in [4.78, 5) is 16.1. The fraction of sp³-hybridized carbons (Fsp3) is 0.571. The highest BCUT2D eigenvalue weighted by molar-refractivity contribution is 7.98. The van der Waals surface area contributed by atoms with Gasteiger partial charge in [-0.2, -0.15) is 0 Å². The number of thioether (sulfide) groups is 1. The van der Waals surface area contributed by atoms with Crippen LogP contribution in [0.1, 0.15) is 62.4 Å². The van der Waals surface area contributed by atoms with Crippen molar-refractivity contribution < 1.29 is 4.79 Å². The van der Waals surface area contributed by atoms with Gasteiger partial charge in [-0.3, -0.25) is 4.79 Å². The van der Waals surface area contributed by atoms with Crippen LogP contribution in [0.4, 0.5) is 0 Å². The average molecular weight is 419 g/mol. The van der Waals surface area contributed by atoms with Crippen molar-refractivity contribution in [1.29, 1.82) is 0 Å². The number of carbonyl (C=O) groups is 1. The number of amides is 1. The van der Waals surface area contributed by atoms with Crippen molar-refractivity contribution in [2.45, 2.75) is 61.6 Å². The number of likely N-dealkylation sites (tertiary alicyclic amines) is 1. The second kappa shape index (κ2) is 8.07. The second-order valence-electron chi connectivity index (χ2n) is 7.91. The number of hydrogen-bond acceptors (Lipinski definition) is 4. The van der Waals surface area contributed by atoms with Gasteiger partial charge in [0.05, 0.1) is 11.5 Å². The molecule has 1 aromatic heterocycles. The molecule has 1 amide bonds. The molecule has 4 rings (SSSR count). The molecule has 0 unspecified atom stereocenters. The van der Waals surface area contributed by atoms with Gasteiger partial charge in [0.1, 0.15) is 0 Å². The molecule has 7 heteroatoms. The number of benzene rings is 1. The van der Waals surface area contributed by atoms with Gasteiger partial charge < -0.3 is 9.47 Å². The Bertz CT molecular complexity index is 845. The van der Waals surface area contributed by atoms with Gasteiger partial charge in [0.25, 0.3) is 0 Å². The summed E-state index contributed by atoms with van der Waals surface area (Å²) in [6.07, 6.45) is 9.16. The molecule has 1 atom stereocenters. The van der Waals surface area contributed by atoms with Crippen LogP contribution in [-0.2, 0) is 17.3 Å². The van der Waals surface area contributed by atoms with Crippen LogP contribution in [-0.4, -0.2) is 38.4 Å². The van der Waals surface area contributed by atoms with Gasteiger partial charge in [0.15, 0.2) is 11.0 Å². The molecule has 0 spiro atoms. The van der Waals surface area contributed by atoms with Crippen LogP contribution in [0, 0.1) is 0 Å². The molecule has 0 N–H and O–H groups in total.